The summed E-state index contributed by atoms with van der Waals surface area (Å²) in [5, 5.41) is 3.65. The maximum absolute atomic E-state index is 11.8. The predicted molar refractivity (Wildman–Crippen MR) is 78.5 cm³/mol. The van der Waals surface area contributed by atoms with Crippen molar-refractivity contribution in [1.29, 1.82) is 0 Å². The number of nitrogens with one attached hydrogen (secondary N) is 1. The third kappa shape index (κ3) is 3.42. The molecule has 0 fully saturated rings. The zero-order chi connectivity index (χ0) is 14.8. The Labute approximate surface area is 123 Å². The smallest absolute Gasteiger partial charge is 0.175 e. The van der Waals surface area contributed by atoms with E-state index in [1.165, 1.54) is 6.26 Å². The lowest BCUT2D eigenvalue weighted by atomic mass is 10.2. The third-order valence-electron chi connectivity index (χ3n) is 3.03. The molecular formula is C14H16ClNO3S. The Balaban J connectivity index is 2.22. The number of halogens is 1. The standard InChI is InChI=1S/C14H16ClNO3S/c1-10(13-6-4-8-19-13)16-9-11-12(15)5-3-7-14(11)20(2,17)18/h3-8,10,16H,9H2,1-2H3/t10-/m1/s1. The van der Waals surface area contributed by atoms with E-state index in [2.05, 4.69) is 5.32 Å². The number of hydrogen-bond donors (Lipinski definition) is 1. The van der Waals surface area contributed by atoms with E-state index in [0.29, 0.717) is 17.1 Å². The molecule has 1 N–H and O–H groups in total. The van der Waals surface area contributed by atoms with Gasteiger partial charge in [-0.15, -0.1) is 0 Å². The van der Waals surface area contributed by atoms with Crippen LogP contribution in [-0.2, 0) is 16.4 Å². The van der Waals surface area contributed by atoms with E-state index in [1.807, 2.05) is 19.1 Å². The first kappa shape index (κ1) is 15.1. The van der Waals surface area contributed by atoms with Gasteiger partial charge in [0.1, 0.15) is 5.76 Å². The van der Waals surface area contributed by atoms with Crippen LogP contribution in [-0.4, -0.2) is 14.7 Å². The molecule has 0 unspecified atom stereocenters. The van der Waals surface area contributed by atoms with Crippen LogP contribution in [0.25, 0.3) is 0 Å². The Morgan fingerprint density at radius 1 is 1.30 bits per heavy atom. The zero-order valence-electron chi connectivity index (χ0n) is 11.3. The normalized spacial score (nSPS) is 13.3. The molecule has 1 aromatic heterocycles. The molecule has 20 heavy (non-hydrogen) atoms. The van der Waals surface area contributed by atoms with Gasteiger partial charge in [0.05, 0.1) is 17.2 Å². The molecule has 0 aliphatic heterocycles. The third-order valence-corrected chi connectivity index (χ3v) is 4.57. The second-order valence-electron chi connectivity index (χ2n) is 4.61. The van der Waals surface area contributed by atoms with E-state index < -0.39 is 9.84 Å². The summed E-state index contributed by atoms with van der Waals surface area (Å²) in [5.74, 6) is 0.790. The number of hydrogen-bond acceptors (Lipinski definition) is 4. The number of sulfone groups is 1. The van der Waals surface area contributed by atoms with Gasteiger partial charge in [-0.05, 0) is 31.2 Å². The van der Waals surface area contributed by atoms with E-state index in [9.17, 15) is 8.42 Å². The van der Waals surface area contributed by atoms with E-state index in [-0.39, 0.29) is 10.9 Å². The van der Waals surface area contributed by atoms with E-state index in [1.54, 1.807) is 24.5 Å². The van der Waals surface area contributed by atoms with Crippen molar-refractivity contribution in [2.75, 3.05) is 6.26 Å². The minimum absolute atomic E-state index is 0.0336. The Bertz CT molecular complexity index is 680. The summed E-state index contributed by atoms with van der Waals surface area (Å²) in [6, 6.07) is 8.53. The first-order chi connectivity index (χ1) is 9.39. The maximum atomic E-state index is 11.8. The average molecular weight is 314 g/mol. The van der Waals surface area contributed by atoms with Crippen molar-refractivity contribution in [2.45, 2.75) is 24.4 Å². The van der Waals surface area contributed by atoms with Crippen LogP contribution in [0.5, 0.6) is 0 Å². The highest BCUT2D eigenvalue weighted by Gasteiger charge is 2.17. The minimum atomic E-state index is -3.31. The fourth-order valence-electron chi connectivity index (χ4n) is 1.95. The van der Waals surface area contributed by atoms with Gasteiger partial charge in [-0.3, -0.25) is 0 Å². The molecule has 0 saturated heterocycles. The van der Waals surface area contributed by atoms with Crippen LogP contribution in [0.4, 0.5) is 0 Å². The lowest BCUT2D eigenvalue weighted by Crippen LogP contribution is -2.19. The minimum Gasteiger partial charge on any atom is -0.468 e. The van der Waals surface area contributed by atoms with Gasteiger partial charge < -0.3 is 9.73 Å². The molecular weight excluding hydrogens is 298 g/mol. The molecule has 0 bridgehead atoms. The van der Waals surface area contributed by atoms with Crippen molar-refractivity contribution >= 4 is 21.4 Å². The summed E-state index contributed by atoms with van der Waals surface area (Å²) in [5.41, 5.74) is 0.579. The Morgan fingerprint density at radius 2 is 2.05 bits per heavy atom. The van der Waals surface area contributed by atoms with Gasteiger partial charge in [0.2, 0.25) is 0 Å². The van der Waals surface area contributed by atoms with Gasteiger partial charge in [0, 0.05) is 23.4 Å². The van der Waals surface area contributed by atoms with Crippen LogP contribution in [0.15, 0.2) is 45.9 Å². The SMILES string of the molecule is C[C@@H](NCc1c(Cl)cccc1S(C)(=O)=O)c1ccco1. The summed E-state index contributed by atoms with van der Waals surface area (Å²) < 4.78 is 28.8. The maximum Gasteiger partial charge on any atom is 0.175 e. The lowest BCUT2D eigenvalue weighted by Gasteiger charge is -2.14. The molecule has 6 heteroatoms. The summed E-state index contributed by atoms with van der Waals surface area (Å²) in [4.78, 5) is 0.254. The second kappa shape index (κ2) is 5.99. The van der Waals surface area contributed by atoms with Crippen molar-refractivity contribution in [1.82, 2.24) is 5.32 Å². The van der Waals surface area contributed by atoms with Crippen molar-refractivity contribution < 1.29 is 12.8 Å². The molecule has 0 aliphatic rings. The molecule has 0 saturated carbocycles. The summed E-state index contributed by atoms with van der Waals surface area (Å²) >= 11 is 6.12. The van der Waals surface area contributed by atoms with Gasteiger partial charge in [0.15, 0.2) is 9.84 Å². The van der Waals surface area contributed by atoms with Crippen LogP contribution < -0.4 is 5.32 Å². The molecule has 1 heterocycles. The van der Waals surface area contributed by atoms with E-state index in [0.717, 1.165) is 5.76 Å². The highest BCUT2D eigenvalue weighted by molar-refractivity contribution is 7.90. The highest BCUT2D eigenvalue weighted by Crippen LogP contribution is 2.25. The summed E-state index contributed by atoms with van der Waals surface area (Å²) in [6.45, 7) is 2.29. The van der Waals surface area contributed by atoms with Crippen LogP contribution in [0, 0.1) is 0 Å². The van der Waals surface area contributed by atoms with Gasteiger partial charge >= 0.3 is 0 Å². The quantitative estimate of drug-likeness (QED) is 0.921. The van der Waals surface area contributed by atoms with Gasteiger partial charge in [-0.25, -0.2) is 8.42 Å². The van der Waals surface area contributed by atoms with E-state index in [4.69, 9.17) is 16.0 Å². The zero-order valence-corrected chi connectivity index (χ0v) is 12.8. The van der Waals surface area contributed by atoms with Gasteiger partial charge in [0.25, 0.3) is 0 Å². The Kier molecular flexibility index (Phi) is 4.52. The van der Waals surface area contributed by atoms with Crippen LogP contribution in [0.3, 0.4) is 0 Å². The second-order valence-corrected chi connectivity index (χ2v) is 7.00. The average Bonchev–Trinajstić information content (AvgIpc) is 2.89. The molecule has 2 rings (SSSR count). The van der Waals surface area contributed by atoms with Crippen molar-refractivity contribution in [3.05, 3.63) is 52.9 Å². The van der Waals surface area contributed by atoms with Crippen molar-refractivity contribution in [3.8, 4) is 0 Å². The molecule has 0 aliphatic carbocycles. The fourth-order valence-corrected chi connectivity index (χ4v) is 3.20. The van der Waals surface area contributed by atoms with Gasteiger partial charge in [-0.2, -0.15) is 0 Å². The molecule has 108 valence electrons. The largest absolute Gasteiger partial charge is 0.468 e. The first-order valence-electron chi connectivity index (χ1n) is 6.14. The van der Waals surface area contributed by atoms with E-state index >= 15 is 0 Å². The van der Waals surface area contributed by atoms with Crippen molar-refractivity contribution in [2.24, 2.45) is 0 Å². The number of furan rings is 1. The summed E-state index contributed by atoms with van der Waals surface area (Å²) in [7, 11) is -3.31. The topological polar surface area (TPSA) is 59.3 Å². The number of rotatable bonds is 5. The predicted octanol–water partition coefficient (Wildman–Crippen LogP) is 3.19. The molecule has 1 aromatic carbocycles. The van der Waals surface area contributed by atoms with Crippen LogP contribution in [0.1, 0.15) is 24.3 Å². The lowest BCUT2D eigenvalue weighted by molar-refractivity contribution is 0.429. The highest BCUT2D eigenvalue weighted by atomic mass is 35.5. The van der Waals surface area contributed by atoms with Gasteiger partial charge in [-0.1, -0.05) is 17.7 Å². The monoisotopic (exact) mass is 313 g/mol. The molecule has 2 aromatic rings. The Morgan fingerprint density at radius 3 is 2.65 bits per heavy atom. The summed E-state index contributed by atoms with van der Waals surface area (Å²) in [6.07, 6.45) is 2.78. The molecule has 4 nitrogen and oxygen atoms in total. The van der Waals surface area contributed by atoms with Crippen molar-refractivity contribution in [3.63, 3.8) is 0 Å². The molecule has 1 atom stereocenters. The first-order valence-corrected chi connectivity index (χ1v) is 8.41. The van der Waals surface area contributed by atoms with Crippen LogP contribution >= 0.6 is 11.6 Å². The molecule has 0 radical (unpaired) electrons. The molecule has 0 amide bonds. The molecule has 0 spiro atoms. The number of benzene rings is 1. The Hall–Kier alpha value is -1.30. The fraction of sp³-hybridized carbons (Fsp3) is 0.286. The van der Waals surface area contributed by atoms with Crippen LogP contribution in [0.2, 0.25) is 5.02 Å².